The largest absolute Gasteiger partial charge is 0.462 e. The maximum absolute atomic E-state index is 14.9. The molecule has 0 unspecified atom stereocenters. The third-order valence-electron chi connectivity index (χ3n) is 5.18. The maximum Gasteiger partial charge on any atom is 0.459 e. The molecular formula is C22H30FN4O8P. The Morgan fingerprint density at radius 3 is 2.64 bits per heavy atom. The molecule has 0 amide bonds. The van der Waals surface area contributed by atoms with Crippen molar-refractivity contribution < 1.29 is 37.4 Å². The molecule has 36 heavy (non-hydrogen) atoms. The number of benzene rings is 1. The summed E-state index contributed by atoms with van der Waals surface area (Å²) in [6.07, 6.45) is -5.74. The van der Waals surface area contributed by atoms with E-state index < -0.39 is 62.8 Å². The number of aliphatic hydroxyl groups excluding tert-OH is 1. The predicted octanol–water partition coefficient (Wildman–Crippen LogP) is 1.86. The molecule has 0 bridgehead atoms. The fourth-order valence-corrected chi connectivity index (χ4v) is 4.83. The zero-order valence-corrected chi connectivity index (χ0v) is 21.1. The van der Waals surface area contributed by atoms with Gasteiger partial charge in [0.1, 0.15) is 29.8 Å². The number of aliphatic hydroxyl groups is 1. The van der Waals surface area contributed by atoms with Crippen molar-refractivity contribution in [1.29, 1.82) is 0 Å². The van der Waals surface area contributed by atoms with Crippen LogP contribution in [-0.2, 0) is 23.4 Å². The van der Waals surface area contributed by atoms with Crippen molar-refractivity contribution in [3.63, 3.8) is 0 Å². The minimum Gasteiger partial charge on any atom is -0.462 e. The molecule has 14 heteroatoms. The van der Waals surface area contributed by atoms with Crippen LogP contribution in [0.5, 0.6) is 5.75 Å². The third kappa shape index (κ3) is 6.68. The highest BCUT2D eigenvalue weighted by Crippen LogP contribution is 2.46. The fourth-order valence-electron chi connectivity index (χ4n) is 3.33. The summed E-state index contributed by atoms with van der Waals surface area (Å²) in [6.45, 7) is 5.70. The van der Waals surface area contributed by atoms with Crippen LogP contribution in [0.2, 0.25) is 0 Å². The SMILES string of the molecule is Cc1cn([C@H]2O[C@@H](CO[P@@](=O)(N[C@@H](C)C(=O)OC(C)C)Oc3ccccc3)[C@H](O)[C@H]2F)c(=O)nc1N. The van der Waals surface area contributed by atoms with E-state index in [1.165, 1.54) is 25.3 Å². The van der Waals surface area contributed by atoms with Crippen molar-refractivity contribution >= 4 is 19.5 Å². The highest BCUT2D eigenvalue weighted by Gasteiger charge is 2.47. The van der Waals surface area contributed by atoms with Crippen molar-refractivity contribution in [1.82, 2.24) is 14.6 Å². The highest BCUT2D eigenvalue weighted by molar-refractivity contribution is 7.52. The fraction of sp³-hybridized carbons (Fsp3) is 0.500. The predicted molar refractivity (Wildman–Crippen MR) is 127 cm³/mol. The summed E-state index contributed by atoms with van der Waals surface area (Å²) in [6, 6.07) is 6.94. The molecule has 2 heterocycles. The number of hydrogen-bond acceptors (Lipinski definition) is 10. The number of aromatic nitrogens is 2. The molecule has 1 saturated heterocycles. The second-order valence-corrected chi connectivity index (χ2v) is 10.2. The quantitative estimate of drug-likeness (QED) is 0.305. The number of anilines is 1. The molecule has 3 rings (SSSR count). The number of nitrogens with two attached hydrogens (primary N) is 1. The van der Waals surface area contributed by atoms with E-state index in [4.69, 9.17) is 24.3 Å². The molecule has 0 saturated carbocycles. The minimum atomic E-state index is -4.27. The average Bonchev–Trinajstić information content (AvgIpc) is 3.08. The molecule has 4 N–H and O–H groups in total. The number of ether oxygens (including phenoxy) is 2. The summed E-state index contributed by atoms with van der Waals surface area (Å²) in [5.41, 5.74) is 5.16. The number of para-hydroxylation sites is 1. The number of carbonyl (C=O) groups is 1. The third-order valence-corrected chi connectivity index (χ3v) is 6.82. The van der Waals surface area contributed by atoms with Crippen LogP contribution >= 0.6 is 7.75 Å². The van der Waals surface area contributed by atoms with Crippen LogP contribution in [-0.4, -0.2) is 57.8 Å². The molecule has 1 aliphatic rings. The number of hydrogen-bond donors (Lipinski definition) is 3. The average molecular weight is 528 g/mol. The topological polar surface area (TPSA) is 164 Å². The summed E-state index contributed by atoms with van der Waals surface area (Å²) >= 11 is 0. The Kier molecular flexibility index (Phi) is 8.85. The summed E-state index contributed by atoms with van der Waals surface area (Å²) in [5, 5.41) is 12.9. The molecular weight excluding hydrogens is 498 g/mol. The Hall–Kier alpha value is -2.83. The van der Waals surface area contributed by atoms with Crippen LogP contribution in [0.4, 0.5) is 10.2 Å². The van der Waals surface area contributed by atoms with Gasteiger partial charge in [0.25, 0.3) is 0 Å². The molecule has 0 aliphatic carbocycles. The first-order valence-corrected chi connectivity index (χ1v) is 12.7. The zero-order valence-electron chi connectivity index (χ0n) is 20.2. The van der Waals surface area contributed by atoms with Gasteiger partial charge in [-0.15, -0.1) is 0 Å². The van der Waals surface area contributed by atoms with Gasteiger partial charge in [-0.05, 0) is 39.8 Å². The summed E-state index contributed by atoms with van der Waals surface area (Å²) < 4.78 is 50.9. The second-order valence-electron chi connectivity index (χ2n) is 8.53. The summed E-state index contributed by atoms with van der Waals surface area (Å²) in [4.78, 5) is 28.1. The lowest BCUT2D eigenvalue weighted by molar-refractivity contribution is -0.149. The number of esters is 1. The van der Waals surface area contributed by atoms with Crippen LogP contribution in [0.3, 0.4) is 0 Å². The Bertz CT molecular complexity index is 1160. The van der Waals surface area contributed by atoms with E-state index in [1.54, 1.807) is 39.0 Å². The van der Waals surface area contributed by atoms with Crippen molar-refractivity contribution in [2.24, 2.45) is 0 Å². The van der Waals surface area contributed by atoms with E-state index in [0.29, 0.717) is 5.56 Å². The number of alkyl halides is 1. The molecule has 1 fully saturated rings. The molecule has 1 aliphatic heterocycles. The molecule has 2 aromatic rings. The number of nitrogens with one attached hydrogen (secondary N) is 1. The number of aryl methyl sites for hydroxylation is 1. The van der Waals surface area contributed by atoms with Crippen LogP contribution in [0, 0.1) is 6.92 Å². The van der Waals surface area contributed by atoms with Gasteiger partial charge in [0, 0.05) is 11.8 Å². The number of halogens is 1. The van der Waals surface area contributed by atoms with Gasteiger partial charge in [0.2, 0.25) is 0 Å². The van der Waals surface area contributed by atoms with Crippen LogP contribution in [0.1, 0.15) is 32.6 Å². The lowest BCUT2D eigenvalue weighted by Crippen LogP contribution is -2.37. The first kappa shape index (κ1) is 27.8. The molecule has 6 atom stereocenters. The number of nitrogen functional groups attached to an aromatic ring is 1. The van der Waals surface area contributed by atoms with Crippen molar-refractivity contribution in [3.05, 3.63) is 52.6 Å². The van der Waals surface area contributed by atoms with Gasteiger partial charge < -0.3 is 24.8 Å². The van der Waals surface area contributed by atoms with E-state index >= 15 is 0 Å². The van der Waals surface area contributed by atoms with E-state index in [-0.39, 0.29) is 11.6 Å². The van der Waals surface area contributed by atoms with Gasteiger partial charge in [0.15, 0.2) is 12.4 Å². The Morgan fingerprint density at radius 1 is 1.33 bits per heavy atom. The zero-order chi connectivity index (χ0) is 26.6. The van der Waals surface area contributed by atoms with Gasteiger partial charge in [-0.25, -0.2) is 13.8 Å². The number of nitrogens with zero attached hydrogens (tertiary/aromatic N) is 2. The highest BCUT2D eigenvalue weighted by atomic mass is 31.2. The molecule has 1 aromatic carbocycles. The van der Waals surface area contributed by atoms with E-state index in [1.807, 2.05) is 0 Å². The molecule has 1 aromatic heterocycles. The molecule has 12 nitrogen and oxygen atoms in total. The summed E-state index contributed by atoms with van der Waals surface area (Å²) in [5.74, 6) is -0.542. The molecule has 0 spiro atoms. The van der Waals surface area contributed by atoms with E-state index in [0.717, 1.165) is 4.57 Å². The summed E-state index contributed by atoms with van der Waals surface area (Å²) in [7, 11) is -4.27. The van der Waals surface area contributed by atoms with Crippen LogP contribution in [0.25, 0.3) is 0 Å². The lowest BCUT2D eigenvalue weighted by Gasteiger charge is -2.25. The van der Waals surface area contributed by atoms with Gasteiger partial charge >= 0.3 is 19.4 Å². The smallest absolute Gasteiger partial charge is 0.459 e. The van der Waals surface area contributed by atoms with Gasteiger partial charge in [0.05, 0.1) is 12.7 Å². The number of rotatable bonds is 10. The van der Waals surface area contributed by atoms with E-state index in [9.17, 15) is 23.7 Å². The maximum atomic E-state index is 14.9. The van der Waals surface area contributed by atoms with Crippen molar-refractivity contribution in [2.75, 3.05) is 12.3 Å². The van der Waals surface area contributed by atoms with Crippen LogP contribution in [0.15, 0.2) is 41.3 Å². The first-order chi connectivity index (χ1) is 16.9. The Balaban J connectivity index is 1.77. The van der Waals surface area contributed by atoms with Gasteiger partial charge in [-0.3, -0.25) is 13.9 Å². The lowest BCUT2D eigenvalue weighted by atomic mass is 10.1. The normalized spacial score (nSPS) is 24.3. The van der Waals surface area contributed by atoms with Gasteiger partial charge in [-0.2, -0.15) is 10.1 Å². The number of carbonyl (C=O) groups excluding carboxylic acids is 1. The van der Waals surface area contributed by atoms with Gasteiger partial charge in [-0.1, -0.05) is 18.2 Å². The monoisotopic (exact) mass is 528 g/mol. The molecule has 0 radical (unpaired) electrons. The van der Waals surface area contributed by atoms with E-state index in [2.05, 4.69) is 10.1 Å². The minimum absolute atomic E-state index is 0.0136. The first-order valence-electron chi connectivity index (χ1n) is 11.2. The van der Waals surface area contributed by atoms with Crippen molar-refractivity contribution in [2.45, 2.75) is 64.4 Å². The standard InChI is InChI=1S/C22H30FN4O8P/c1-12(2)33-21(29)14(4)26-36(31,35-15-8-6-5-7-9-15)32-11-16-18(28)17(23)20(34-16)27-10-13(3)19(24)25-22(27)30/h5-10,12,14,16-18,20,28H,11H2,1-4H3,(H,26,31)(H2,24,25,30)/t14-,16-,17+,18-,20-,36-/m0/s1. The van der Waals surface area contributed by atoms with Crippen LogP contribution < -0.4 is 21.0 Å². The van der Waals surface area contributed by atoms with Crippen molar-refractivity contribution in [3.8, 4) is 5.75 Å². The Morgan fingerprint density at radius 2 is 2.00 bits per heavy atom. The second kappa shape index (κ2) is 11.5. The molecule has 198 valence electrons. The Labute approximate surface area is 207 Å².